The summed E-state index contributed by atoms with van der Waals surface area (Å²) in [5.41, 5.74) is -0.132. The monoisotopic (exact) mass is 370 g/mol. The highest BCUT2D eigenvalue weighted by Crippen LogP contribution is 2.19. The van der Waals surface area contributed by atoms with Crippen LogP contribution in [-0.2, 0) is 14.8 Å². The molecule has 0 saturated heterocycles. The summed E-state index contributed by atoms with van der Waals surface area (Å²) in [7, 11) is -4.01. The minimum atomic E-state index is -4.01. The van der Waals surface area contributed by atoms with Gasteiger partial charge in [0.2, 0.25) is 0 Å². The van der Waals surface area contributed by atoms with E-state index in [1.165, 1.54) is 18.2 Å². The maximum atomic E-state index is 12.0. The standard InChI is InChI=1S/C12H7BrN2O5S/c13-11-7-8(1-6-12(11)16)14-21(19,20)10-4-2-9(3-5-10)15(17)18/h1-7H. The van der Waals surface area contributed by atoms with Crippen molar-refractivity contribution in [3.8, 4) is 0 Å². The molecule has 0 spiro atoms. The fourth-order valence-corrected chi connectivity index (χ4v) is 2.82. The van der Waals surface area contributed by atoms with Crippen LogP contribution in [0.5, 0.6) is 0 Å². The molecular formula is C12H7BrN2O5S. The summed E-state index contributed by atoms with van der Waals surface area (Å²) in [5.74, 6) is -0.290. The largest absolute Gasteiger partial charge is 0.289 e. The summed E-state index contributed by atoms with van der Waals surface area (Å²) in [6.07, 6.45) is 3.75. The van der Waals surface area contributed by atoms with Crippen LogP contribution in [0.25, 0.3) is 0 Å². The second kappa shape index (κ2) is 5.70. The van der Waals surface area contributed by atoms with Crippen molar-refractivity contribution in [1.82, 2.24) is 0 Å². The first-order valence-electron chi connectivity index (χ1n) is 5.48. The van der Waals surface area contributed by atoms with Crippen LogP contribution in [0, 0.1) is 10.1 Å². The molecule has 9 heteroatoms. The Labute approximate surface area is 128 Å². The number of non-ortho nitro benzene ring substituents is 1. The van der Waals surface area contributed by atoms with Gasteiger partial charge in [-0.25, -0.2) is 0 Å². The first-order valence-corrected chi connectivity index (χ1v) is 7.72. The van der Waals surface area contributed by atoms with Crippen molar-refractivity contribution in [2.75, 3.05) is 0 Å². The topological polar surface area (TPSA) is 107 Å². The number of sulfonamides is 1. The Morgan fingerprint density at radius 2 is 1.76 bits per heavy atom. The highest BCUT2D eigenvalue weighted by Gasteiger charge is 2.17. The van der Waals surface area contributed by atoms with E-state index in [0.29, 0.717) is 0 Å². The molecule has 0 amide bonds. The molecule has 0 fully saturated rings. The van der Waals surface area contributed by atoms with E-state index in [0.717, 1.165) is 24.3 Å². The number of hydrogen-bond acceptors (Lipinski definition) is 5. The van der Waals surface area contributed by atoms with Crippen molar-refractivity contribution in [3.05, 3.63) is 57.1 Å². The zero-order valence-electron chi connectivity index (χ0n) is 10.3. The Hall–Kier alpha value is -2.13. The average molecular weight is 371 g/mol. The highest BCUT2D eigenvalue weighted by atomic mass is 79.9. The van der Waals surface area contributed by atoms with Crippen molar-refractivity contribution >= 4 is 43.1 Å². The number of carbonyl (C=O) groups excluding carboxylic acids is 1. The van der Waals surface area contributed by atoms with Gasteiger partial charge in [-0.2, -0.15) is 12.8 Å². The molecule has 21 heavy (non-hydrogen) atoms. The lowest BCUT2D eigenvalue weighted by Gasteiger charge is -2.03. The van der Waals surface area contributed by atoms with E-state index in [1.807, 2.05) is 0 Å². The molecule has 7 nitrogen and oxygen atoms in total. The van der Waals surface area contributed by atoms with Crippen LogP contribution in [0.1, 0.15) is 0 Å². The third-order valence-electron chi connectivity index (χ3n) is 2.49. The number of hydrogen-bond donors (Lipinski definition) is 0. The first-order chi connectivity index (χ1) is 9.79. The van der Waals surface area contributed by atoms with Gasteiger partial charge in [-0.05, 0) is 46.3 Å². The van der Waals surface area contributed by atoms with Crippen LogP contribution in [-0.4, -0.2) is 24.8 Å². The van der Waals surface area contributed by atoms with E-state index in [4.69, 9.17) is 0 Å². The molecule has 1 aromatic carbocycles. The van der Waals surface area contributed by atoms with Gasteiger partial charge in [0.1, 0.15) is 0 Å². The minimum absolute atomic E-state index is 0.0832. The van der Waals surface area contributed by atoms with Crippen LogP contribution in [0.2, 0.25) is 0 Å². The lowest BCUT2D eigenvalue weighted by Crippen LogP contribution is -2.07. The molecule has 108 valence electrons. The van der Waals surface area contributed by atoms with E-state index in [9.17, 15) is 23.3 Å². The molecule has 0 bridgehead atoms. The van der Waals surface area contributed by atoms with Gasteiger partial charge in [0.15, 0.2) is 5.78 Å². The Bertz CT molecular complexity index is 807. The van der Waals surface area contributed by atoms with Gasteiger partial charge < -0.3 is 0 Å². The molecule has 0 aliphatic heterocycles. The van der Waals surface area contributed by atoms with Crippen LogP contribution in [0.15, 0.2) is 56.3 Å². The second-order valence-corrected chi connectivity index (χ2v) is 6.39. The number of ketones is 1. The number of allylic oxidation sites excluding steroid dienone is 4. The normalized spacial score (nSPS) is 16.9. The van der Waals surface area contributed by atoms with E-state index >= 15 is 0 Å². The van der Waals surface area contributed by atoms with Crippen LogP contribution in [0.4, 0.5) is 5.69 Å². The number of benzene rings is 1. The van der Waals surface area contributed by atoms with Crippen LogP contribution < -0.4 is 0 Å². The molecule has 0 aromatic heterocycles. The van der Waals surface area contributed by atoms with Gasteiger partial charge in [0.25, 0.3) is 15.7 Å². The van der Waals surface area contributed by atoms with Gasteiger partial charge in [-0.15, -0.1) is 0 Å². The average Bonchev–Trinajstić information content (AvgIpc) is 2.43. The molecule has 2 rings (SSSR count). The predicted octanol–water partition coefficient (Wildman–Crippen LogP) is 2.14. The summed E-state index contributed by atoms with van der Waals surface area (Å²) in [5, 5.41) is 10.5. The number of nitro benzene ring substituents is 1. The molecule has 1 aliphatic carbocycles. The maximum absolute atomic E-state index is 12.0. The highest BCUT2D eigenvalue weighted by molar-refractivity contribution is 9.12. The summed E-state index contributed by atoms with van der Waals surface area (Å²) in [4.78, 5) is 20.9. The number of nitro groups is 1. The second-order valence-electron chi connectivity index (χ2n) is 3.93. The Morgan fingerprint density at radius 3 is 2.29 bits per heavy atom. The summed E-state index contributed by atoms with van der Waals surface area (Å²) < 4.78 is 27.9. The van der Waals surface area contributed by atoms with Gasteiger partial charge in [-0.1, -0.05) is 0 Å². The quantitative estimate of drug-likeness (QED) is 0.460. The smallest absolute Gasteiger partial charge is 0.282 e. The van der Waals surface area contributed by atoms with Gasteiger partial charge >= 0.3 is 0 Å². The number of nitrogens with zero attached hydrogens (tertiary/aromatic N) is 2. The Balaban J connectivity index is 2.37. The minimum Gasteiger partial charge on any atom is -0.289 e. The van der Waals surface area contributed by atoms with Crippen molar-refractivity contribution in [2.45, 2.75) is 4.90 Å². The van der Waals surface area contributed by atoms with E-state index in [1.54, 1.807) is 0 Å². The molecule has 0 N–H and O–H groups in total. The van der Waals surface area contributed by atoms with Crippen molar-refractivity contribution in [2.24, 2.45) is 4.40 Å². The number of carbonyl (C=O) groups is 1. The Kier molecular flexibility index (Phi) is 4.14. The van der Waals surface area contributed by atoms with Crippen molar-refractivity contribution < 1.29 is 18.1 Å². The number of rotatable bonds is 3. The van der Waals surface area contributed by atoms with Gasteiger partial charge in [0.05, 0.1) is 20.0 Å². The van der Waals surface area contributed by atoms with Gasteiger partial charge in [-0.3, -0.25) is 14.9 Å². The van der Waals surface area contributed by atoms with Crippen LogP contribution in [0.3, 0.4) is 0 Å². The third kappa shape index (κ3) is 3.50. The molecular weight excluding hydrogens is 364 g/mol. The molecule has 0 atom stereocenters. The zero-order chi connectivity index (χ0) is 15.6. The van der Waals surface area contributed by atoms with Crippen molar-refractivity contribution in [1.29, 1.82) is 0 Å². The first kappa shape index (κ1) is 15.3. The molecule has 0 unspecified atom stereocenters. The lowest BCUT2D eigenvalue weighted by molar-refractivity contribution is -0.384. The van der Waals surface area contributed by atoms with E-state index < -0.39 is 14.9 Å². The SMILES string of the molecule is O=C1C=CC(=NS(=O)(=O)c2ccc([N+](=O)[O-])cc2)C=C1Br. The zero-order valence-corrected chi connectivity index (χ0v) is 12.7. The number of halogens is 1. The van der Waals surface area contributed by atoms with E-state index in [2.05, 4.69) is 20.3 Å². The fraction of sp³-hybridized carbons (Fsp3) is 0. The van der Waals surface area contributed by atoms with E-state index in [-0.39, 0.29) is 26.6 Å². The Morgan fingerprint density at radius 1 is 1.14 bits per heavy atom. The molecule has 0 saturated carbocycles. The summed E-state index contributed by atoms with van der Waals surface area (Å²) >= 11 is 2.99. The van der Waals surface area contributed by atoms with Crippen LogP contribution >= 0.6 is 15.9 Å². The molecule has 1 aliphatic rings. The van der Waals surface area contributed by atoms with Gasteiger partial charge in [0, 0.05) is 12.1 Å². The third-order valence-corrected chi connectivity index (χ3v) is 4.43. The summed E-state index contributed by atoms with van der Waals surface area (Å²) in [6.45, 7) is 0. The summed E-state index contributed by atoms with van der Waals surface area (Å²) in [6, 6.07) is 4.38. The lowest BCUT2D eigenvalue weighted by atomic mass is 10.2. The molecule has 1 aromatic rings. The maximum Gasteiger partial charge on any atom is 0.282 e. The molecule has 0 heterocycles. The fourth-order valence-electron chi connectivity index (χ4n) is 1.48. The molecule has 0 radical (unpaired) electrons. The van der Waals surface area contributed by atoms with Crippen molar-refractivity contribution in [3.63, 3.8) is 0 Å². The predicted molar refractivity (Wildman–Crippen MR) is 78.9 cm³/mol.